The van der Waals surface area contributed by atoms with Crippen molar-refractivity contribution in [1.29, 1.82) is 0 Å². The Balaban J connectivity index is 2.65. The summed E-state index contributed by atoms with van der Waals surface area (Å²) in [4.78, 5) is 54.0. The first-order valence-electron chi connectivity index (χ1n) is 16.3. The minimum absolute atomic E-state index is 0.00639. The molecule has 0 bridgehead atoms. The van der Waals surface area contributed by atoms with E-state index < -0.39 is 57.4 Å². The standard InChI is InChI=1S/C36H50O8/c1-5-8-11-14-20-27(37)30-32(36(42)43-24-26-19-17-18-25(4)23-26)31(28(38)21-15-12-9-6-2)35(34(41)33(30)40)44-29(39)22-16-13-10-7-3/h17-19,23,40-41H,5-16,20-22,24H2,1-4H3. The Kier molecular flexibility index (Phi) is 16.2. The molecule has 2 N–H and O–H groups in total. The number of esters is 2. The topological polar surface area (TPSA) is 127 Å². The van der Waals surface area contributed by atoms with Gasteiger partial charge in [-0.05, 0) is 31.7 Å². The minimum Gasteiger partial charge on any atom is -0.504 e. The Morgan fingerprint density at radius 2 is 1.20 bits per heavy atom. The van der Waals surface area contributed by atoms with Crippen LogP contribution in [0.5, 0.6) is 17.2 Å². The third-order valence-corrected chi connectivity index (χ3v) is 7.58. The minimum atomic E-state index is -1.02. The molecule has 0 fully saturated rings. The van der Waals surface area contributed by atoms with Crippen molar-refractivity contribution in [3.63, 3.8) is 0 Å². The number of hydrogen-bond acceptors (Lipinski definition) is 8. The summed E-state index contributed by atoms with van der Waals surface area (Å²) in [5.41, 5.74) is 0.306. The predicted octanol–water partition coefficient (Wildman–Crippen LogP) is 8.95. The van der Waals surface area contributed by atoms with E-state index in [1.165, 1.54) is 0 Å². The fourth-order valence-electron chi connectivity index (χ4n) is 5.10. The lowest BCUT2D eigenvalue weighted by Crippen LogP contribution is -2.21. The molecule has 0 spiro atoms. The molecule has 2 aromatic rings. The van der Waals surface area contributed by atoms with E-state index >= 15 is 0 Å². The summed E-state index contributed by atoms with van der Waals surface area (Å²) in [6.45, 7) is 7.87. The van der Waals surface area contributed by atoms with Crippen LogP contribution in [0.15, 0.2) is 24.3 Å². The molecule has 0 aliphatic heterocycles. The van der Waals surface area contributed by atoms with Gasteiger partial charge >= 0.3 is 11.9 Å². The molecule has 0 aliphatic rings. The molecular formula is C36H50O8. The van der Waals surface area contributed by atoms with E-state index in [2.05, 4.69) is 0 Å². The first-order valence-corrected chi connectivity index (χ1v) is 16.3. The van der Waals surface area contributed by atoms with E-state index in [0.29, 0.717) is 24.8 Å². The molecule has 0 heterocycles. The summed E-state index contributed by atoms with van der Waals surface area (Å²) < 4.78 is 11.1. The van der Waals surface area contributed by atoms with Crippen molar-refractivity contribution in [2.45, 2.75) is 131 Å². The van der Waals surface area contributed by atoms with Crippen LogP contribution in [0.4, 0.5) is 0 Å². The number of ketones is 2. The van der Waals surface area contributed by atoms with Gasteiger partial charge in [-0.15, -0.1) is 0 Å². The van der Waals surface area contributed by atoms with Gasteiger partial charge < -0.3 is 19.7 Å². The number of rotatable bonds is 21. The van der Waals surface area contributed by atoms with E-state index in [4.69, 9.17) is 9.47 Å². The molecule has 242 valence electrons. The molecule has 0 amide bonds. The number of benzene rings is 2. The molecule has 8 nitrogen and oxygen atoms in total. The zero-order valence-electron chi connectivity index (χ0n) is 27.0. The van der Waals surface area contributed by atoms with Crippen LogP contribution in [0.2, 0.25) is 0 Å². The molecule has 0 aromatic heterocycles. The molecule has 0 aliphatic carbocycles. The van der Waals surface area contributed by atoms with Crippen LogP contribution < -0.4 is 4.74 Å². The molecule has 0 atom stereocenters. The van der Waals surface area contributed by atoms with Gasteiger partial charge in [0.2, 0.25) is 5.75 Å². The van der Waals surface area contributed by atoms with Gasteiger partial charge in [-0.25, -0.2) is 4.79 Å². The van der Waals surface area contributed by atoms with Gasteiger partial charge in [-0.3, -0.25) is 14.4 Å². The van der Waals surface area contributed by atoms with Crippen LogP contribution in [0.1, 0.15) is 159 Å². The Morgan fingerprint density at radius 3 is 1.75 bits per heavy atom. The van der Waals surface area contributed by atoms with Crippen LogP contribution in [-0.4, -0.2) is 33.7 Å². The van der Waals surface area contributed by atoms with E-state index in [9.17, 15) is 29.4 Å². The molecule has 8 heteroatoms. The second-order valence-electron chi connectivity index (χ2n) is 11.5. The van der Waals surface area contributed by atoms with E-state index in [-0.39, 0.29) is 25.9 Å². The summed E-state index contributed by atoms with van der Waals surface area (Å²) in [7, 11) is 0. The molecule has 2 rings (SSSR count). The van der Waals surface area contributed by atoms with Gasteiger partial charge in [0.15, 0.2) is 23.1 Å². The maximum Gasteiger partial charge on any atom is 0.340 e. The van der Waals surface area contributed by atoms with Crippen LogP contribution in [0.25, 0.3) is 0 Å². The Morgan fingerprint density at radius 1 is 0.659 bits per heavy atom. The van der Waals surface area contributed by atoms with Crippen molar-refractivity contribution >= 4 is 23.5 Å². The summed E-state index contributed by atoms with van der Waals surface area (Å²) in [5.74, 6) is -5.32. The van der Waals surface area contributed by atoms with Crippen LogP contribution >= 0.6 is 0 Å². The van der Waals surface area contributed by atoms with Gasteiger partial charge in [0.25, 0.3) is 0 Å². The highest BCUT2D eigenvalue weighted by Gasteiger charge is 2.36. The monoisotopic (exact) mass is 610 g/mol. The number of phenolic OH excluding ortho intramolecular Hbond substituents is 2. The van der Waals surface area contributed by atoms with Crippen molar-refractivity contribution in [1.82, 2.24) is 0 Å². The lowest BCUT2D eigenvalue weighted by Gasteiger charge is -2.20. The largest absolute Gasteiger partial charge is 0.504 e. The fraction of sp³-hybridized carbons (Fsp3) is 0.556. The quantitative estimate of drug-likeness (QED) is 0.0471. The van der Waals surface area contributed by atoms with Gasteiger partial charge in [0.05, 0.1) is 16.7 Å². The number of hydrogen-bond donors (Lipinski definition) is 2. The maximum absolute atomic E-state index is 13.8. The van der Waals surface area contributed by atoms with E-state index in [0.717, 1.165) is 63.4 Å². The van der Waals surface area contributed by atoms with E-state index in [1.807, 2.05) is 45.9 Å². The van der Waals surface area contributed by atoms with Crippen LogP contribution in [0, 0.1) is 6.92 Å². The second-order valence-corrected chi connectivity index (χ2v) is 11.5. The number of ether oxygens (including phenoxy) is 2. The number of aryl methyl sites for hydroxylation is 1. The zero-order chi connectivity index (χ0) is 32.5. The predicted molar refractivity (Wildman–Crippen MR) is 171 cm³/mol. The number of unbranched alkanes of at least 4 members (excludes halogenated alkanes) is 9. The first-order chi connectivity index (χ1) is 21.2. The molecule has 0 saturated heterocycles. The Bertz CT molecular complexity index is 1260. The SMILES string of the molecule is CCCCCCC(=O)Oc1c(O)c(O)c(C(=O)CCCCCC)c(C(=O)OCc2cccc(C)c2)c1C(=O)CCCCCC. The number of aromatic hydroxyl groups is 2. The summed E-state index contributed by atoms with van der Waals surface area (Å²) in [5, 5.41) is 22.2. The number of phenols is 2. The highest BCUT2D eigenvalue weighted by atomic mass is 16.5. The number of Topliss-reactive ketones (excluding diaryl/α,β-unsaturated/α-hetero) is 2. The molecule has 2 aromatic carbocycles. The smallest absolute Gasteiger partial charge is 0.340 e. The summed E-state index contributed by atoms with van der Waals surface area (Å²) in [6, 6.07) is 7.34. The van der Waals surface area contributed by atoms with Crippen molar-refractivity contribution in [2.24, 2.45) is 0 Å². The average molecular weight is 611 g/mol. The van der Waals surface area contributed by atoms with Crippen LogP contribution in [-0.2, 0) is 16.1 Å². The first kappa shape index (κ1) is 36.5. The fourth-order valence-corrected chi connectivity index (χ4v) is 5.10. The third kappa shape index (κ3) is 11.1. The van der Waals surface area contributed by atoms with Crippen molar-refractivity contribution in [3.8, 4) is 17.2 Å². The van der Waals surface area contributed by atoms with Gasteiger partial charge in [-0.1, -0.05) is 108 Å². The number of carbonyl (C=O) groups excluding carboxylic acids is 4. The normalized spacial score (nSPS) is 10.9. The lowest BCUT2D eigenvalue weighted by atomic mass is 9.89. The molecule has 0 unspecified atom stereocenters. The molecule has 44 heavy (non-hydrogen) atoms. The van der Waals surface area contributed by atoms with Gasteiger partial charge in [0, 0.05) is 19.3 Å². The average Bonchev–Trinajstić information content (AvgIpc) is 3.00. The van der Waals surface area contributed by atoms with Crippen molar-refractivity contribution in [2.75, 3.05) is 0 Å². The second kappa shape index (κ2) is 19.6. The zero-order valence-corrected chi connectivity index (χ0v) is 27.0. The molecule has 0 radical (unpaired) electrons. The Hall–Kier alpha value is -3.68. The van der Waals surface area contributed by atoms with Gasteiger partial charge in [-0.2, -0.15) is 0 Å². The molecular weight excluding hydrogens is 560 g/mol. The summed E-state index contributed by atoms with van der Waals surface area (Å²) in [6.07, 6.45) is 9.49. The molecule has 0 saturated carbocycles. The third-order valence-electron chi connectivity index (χ3n) is 7.58. The number of carbonyl (C=O) groups is 4. The maximum atomic E-state index is 13.8. The van der Waals surface area contributed by atoms with Crippen molar-refractivity contribution in [3.05, 3.63) is 52.1 Å². The lowest BCUT2D eigenvalue weighted by molar-refractivity contribution is -0.134. The Labute approximate surface area is 262 Å². The highest BCUT2D eigenvalue weighted by Crippen LogP contribution is 2.46. The van der Waals surface area contributed by atoms with E-state index in [1.54, 1.807) is 6.07 Å². The van der Waals surface area contributed by atoms with Crippen LogP contribution in [0.3, 0.4) is 0 Å². The summed E-state index contributed by atoms with van der Waals surface area (Å²) >= 11 is 0. The van der Waals surface area contributed by atoms with Crippen molar-refractivity contribution < 1.29 is 38.9 Å². The highest BCUT2D eigenvalue weighted by molar-refractivity contribution is 6.17. The van der Waals surface area contributed by atoms with Gasteiger partial charge in [0.1, 0.15) is 6.61 Å².